The molecule has 0 saturated heterocycles. The van der Waals surface area contributed by atoms with E-state index < -0.39 is 11.7 Å². The highest BCUT2D eigenvalue weighted by atomic mass is 16.6. The van der Waals surface area contributed by atoms with Crippen molar-refractivity contribution in [2.45, 2.75) is 81.0 Å². The lowest BCUT2D eigenvalue weighted by atomic mass is 9.31. The van der Waals surface area contributed by atoms with E-state index in [0.717, 1.165) is 49.5 Å². The lowest BCUT2D eigenvalue weighted by molar-refractivity contribution is -0.293. The fourth-order valence-corrected chi connectivity index (χ4v) is 10.3. The SMILES string of the molecule is CO[C@]12CC[C@@]3(C[C@@H]1[C@H](O)c1ccccc1)[C@H]1Cc4ccc(O)c5c4[C@@]3(CCC1CC1CC1)[C@H]2O5. The highest BCUT2D eigenvalue weighted by Gasteiger charge is 2.81. The first-order valence-corrected chi connectivity index (χ1v) is 13.8. The highest BCUT2D eigenvalue weighted by molar-refractivity contribution is 5.63. The molecule has 4 heteroatoms. The third-order valence-electron chi connectivity index (χ3n) is 11.7. The molecule has 2 spiro atoms. The Bertz CT molecular complexity index is 1190. The molecule has 7 aliphatic rings. The van der Waals surface area contributed by atoms with E-state index >= 15 is 0 Å². The van der Waals surface area contributed by atoms with Gasteiger partial charge in [0.15, 0.2) is 11.5 Å². The molecule has 5 saturated carbocycles. The van der Waals surface area contributed by atoms with Crippen LogP contribution in [0.5, 0.6) is 11.5 Å². The maximum Gasteiger partial charge on any atom is 0.165 e. The maximum absolute atomic E-state index is 11.9. The molecule has 5 fully saturated rings. The van der Waals surface area contributed by atoms with Crippen LogP contribution in [-0.4, -0.2) is 29.0 Å². The van der Waals surface area contributed by atoms with Crippen LogP contribution in [0.4, 0.5) is 0 Å². The zero-order valence-corrected chi connectivity index (χ0v) is 20.6. The van der Waals surface area contributed by atoms with Gasteiger partial charge in [-0.2, -0.15) is 0 Å². The van der Waals surface area contributed by atoms with E-state index in [1.807, 2.05) is 31.4 Å². The number of aliphatic hydroxyl groups excluding tert-OH is 1. The molecule has 2 aromatic carbocycles. The molecule has 8 atom stereocenters. The van der Waals surface area contributed by atoms with E-state index in [2.05, 4.69) is 18.2 Å². The van der Waals surface area contributed by atoms with Crippen molar-refractivity contribution >= 4 is 0 Å². The second-order valence-electron chi connectivity index (χ2n) is 12.7. The lowest BCUT2D eigenvalue weighted by Crippen LogP contribution is -2.78. The Morgan fingerprint density at radius 1 is 1.06 bits per heavy atom. The van der Waals surface area contributed by atoms with Gasteiger partial charge in [0.1, 0.15) is 11.7 Å². The molecule has 1 unspecified atom stereocenters. The highest BCUT2D eigenvalue weighted by Crippen LogP contribution is 2.80. The molecule has 9 rings (SSSR count). The van der Waals surface area contributed by atoms with Crippen LogP contribution in [0.2, 0.25) is 0 Å². The summed E-state index contributed by atoms with van der Waals surface area (Å²) in [5.41, 5.74) is 3.10. The number of fused-ring (bicyclic) bond motifs is 2. The number of benzene rings is 2. The fourth-order valence-electron chi connectivity index (χ4n) is 10.3. The predicted molar refractivity (Wildman–Crippen MR) is 132 cm³/mol. The van der Waals surface area contributed by atoms with Gasteiger partial charge < -0.3 is 19.7 Å². The first-order chi connectivity index (χ1) is 17.0. The Kier molecular flexibility index (Phi) is 4.12. The molecule has 1 aliphatic heterocycles. The van der Waals surface area contributed by atoms with Crippen LogP contribution in [0.25, 0.3) is 0 Å². The normalized spacial score (nSPS) is 42.9. The Balaban J connectivity index is 1.34. The zero-order chi connectivity index (χ0) is 23.6. The number of phenols is 1. The Morgan fingerprint density at radius 2 is 1.89 bits per heavy atom. The van der Waals surface area contributed by atoms with Crippen molar-refractivity contribution in [1.29, 1.82) is 0 Å². The predicted octanol–water partition coefficient (Wildman–Crippen LogP) is 5.69. The largest absolute Gasteiger partial charge is 0.504 e. The molecule has 1 heterocycles. The minimum Gasteiger partial charge on any atom is -0.504 e. The van der Waals surface area contributed by atoms with Gasteiger partial charge in [-0.25, -0.2) is 0 Å². The third-order valence-corrected chi connectivity index (χ3v) is 11.7. The first kappa shape index (κ1) is 21.1. The molecule has 0 aromatic heterocycles. The summed E-state index contributed by atoms with van der Waals surface area (Å²) < 4.78 is 13.4. The topological polar surface area (TPSA) is 58.9 Å². The number of ether oxygens (including phenoxy) is 2. The smallest absolute Gasteiger partial charge is 0.165 e. The van der Waals surface area contributed by atoms with Crippen LogP contribution in [0.1, 0.15) is 74.2 Å². The van der Waals surface area contributed by atoms with Crippen molar-refractivity contribution in [1.82, 2.24) is 0 Å². The standard InChI is InChI=1S/C31H36O4/c1-34-31-14-13-29(17-23(31)26(33)19-5-3-2-4-6-19)22-16-21-9-10-24(32)27-25(21)30(29,28(31)35-27)12-11-20(22)15-18-7-8-18/h2-6,9-10,18,20,22-23,26,28,32-33H,7-8,11-17H2,1H3/t20?,22-,23+,26+,28+,29+,30-,31+/m0/s1. The van der Waals surface area contributed by atoms with Gasteiger partial charge in [0.25, 0.3) is 0 Å². The van der Waals surface area contributed by atoms with Gasteiger partial charge in [-0.15, -0.1) is 0 Å². The molecule has 2 N–H and O–H groups in total. The van der Waals surface area contributed by atoms with Crippen molar-refractivity contribution in [3.8, 4) is 11.5 Å². The van der Waals surface area contributed by atoms with E-state index in [1.54, 1.807) is 0 Å². The minimum absolute atomic E-state index is 0.0260. The van der Waals surface area contributed by atoms with Crippen LogP contribution in [0, 0.1) is 29.1 Å². The van der Waals surface area contributed by atoms with E-state index in [0.29, 0.717) is 11.7 Å². The second-order valence-corrected chi connectivity index (χ2v) is 12.7. The number of methoxy groups -OCH3 is 1. The molecule has 6 aliphatic carbocycles. The van der Waals surface area contributed by atoms with Crippen molar-refractivity contribution in [2.24, 2.45) is 29.1 Å². The number of aliphatic hydroxyl groups is 1. The summed E-state index contributed by atoms with van der Waals surface area (Å²) in [6.45, 7) is 0. The summed E-state index contributed by atoms with van der Waals surface area (Å²) in [6, 6.07) is 14.2. The van der Waals surface area contributed by atoms with E-state index in [9.17, 15) is 10.2 Å². The Hall–Kier alpha value is -2.04. The van der Waals surface area contributed by atoms with Gasteiger partial charge in [0.05, 0.1) is 6.10 Å². The van der Waals surface area contributed by atoms with E-state index in [1.165, 1.54) is 36.8 Å². The van der Waals surface area contributed by atoms with Gasteiger partial charge in [0, 0.05) is 24.0 Å². The molecule has 184 valence electrons. The average molecular weight is 473 g/mol. The van der Waals surface area contributed by atoms with Gasteiger partial charge >= 0.3 is 0 Å². The molecule has 4 bridgehead atoms. The number of aromatic hydroxyl groups is 1. The van der Waals surface area contributed by atoms with Crippen LogP contribution in [-0.2, 0) is 16.6 Å². The molecule has 0 radical (unpaired) electrons. The molecule has 35 heavy (non-hydrogen) atoms. The Morgan fingerprint density at radius 3 is 2.66 bits per heavy atom. The maximum atomic E-state index is 11.9. The average Bonchev–Trinajstić information content (AvgIpc) is 3.63. The fraction of sp³-hybridized carbons (Fsp3) is 0.613. The quantitative estimate of drug-likeness (QED) is 0.587. The third kappa shape index (κ3) is 2.37. The Labute approximate surface area is 207 Å². The molecular formula is C31H36O4. The number of hydrogen-bond donors (Lipinski definition) is 2. The van der Waals surface area contributed by atoms with Gasteiger partial charge in [-0.1, -0.05) is 49.2 Å². The van der Waals surface area contributed by atoms with Gasteiger partial charge in [-0.05, 0) is 85.3 Å². The van der Waals surface area contributed by atoms with Crippen molar-refractivity contribution in [2.75, 3.05) is 7.11 Å². The van der Waals surface area contributed by atoms with Crippen molar-refractivity contribution in [3.05, 3.63) is 59.2 Å². The summed E-state index contributed by atoms with van der Waals surface area (Å²) >= 11 is 0. The molecule has 2 aromatic rings. The number of phenolic OH excluding ortho intramolecular Hbond substituents is 1. The summed E-state index contributed by atoms with van der Waals surface area (Å²) in [5, 5.41) is 22.8. The van der Waals surface area contributed by atoms with Crippen molar-refractivity contribution in [3.63, 3.8) is 0 Å². The van der Waals surface area contributed by atoms with Crippen molar-refractivity contribution < 1.29 is 19.7 Å². The van der Waals surface area contributed by atoms with E-state index in [-0.39, 0.29) is 28.6 Å². The number of rotatable bonds is 5. The molecular weight excluding hydrogens is 436 g/mol. The van der Waals surface area contributed by atoms with Gasteiger partial charge in [0.2, 0.25) is 0 Å². The number of hydrogen-bond acceptors (Lipinski definition) is 4. The zero-order valence-electron chi connectivity index (χ0n) is 20.6. The van der Waals surface area contributed by atoms with Crippen LogP contribution < -0.4 is 4.74 Å². The molecule has 0 amide bonds. The first-order valence-electron chi connectivity index (χ1n) is 13.8. The summed E-state index contributed by atoms with van der Waals surface area (Å²) in [6.07, 6.45) is 9.94. The summed E-state index contributed by atoms with van der Waals surface area (Å²) in [4.78, 5) is 0. The monoisotopic (exact) mass is 472 g/mol. The molecule has 4 nitrogen and oxygen atoms in total. The van der Waals surface area contributed by atoms with Crippen LogP contribution in [0.3, 0.4) is 0 Å². The summed E-state index contributed by atoms with van der Waals surface area (Å²) in [5.74, 6) is 3.26. The second kappa shape index (κ2) is 6.83. The van der Waals surface area contributed by atoms with Crippen LogP contribution in [0.15, 0.2) is 42.5 Å². The minimum atomic E-state index is -0.587. The lowest BCUT2D eigenvalue weighted by Gasteiger charge is -2.74. The van der Waals surface area contributed by atoms with Gasteiger partial charge in [-0.3, -0.25) is 0 Å². The van der Waals surface area contributed by atoms with E-state index in [4.69, 9.17) is 9.47 Å². The van der Waals surface area contributed by atoms with Crippen LogP contribution >= 0.6 is 0 Å². The summed E-state index contributed by atoms with van der Waals surface area (Å²) in [7, 11) is 1.83.